The number of carbonyl (C=O) groups is 1. The van der Waals surface area contributed by atoms with E-state index in [0.717, 1.165) is 5.56 Å². The van der Waals surface area contributed by atoms with Crippen LogP contribution in [-0.2, 0) is 0 Å². The van der Waals surface area contributed by atoms with E-state index in [2.05, 4.69) is 15.5 Å². The van der Waals surface area contributed by atoms with Crippen LogP contribution in [0.1, 0.15) is 15.9 Å². The predicted molar refractivity (Wildman–Crippen MR) is 115 cm³/mol. The molecule has 0 atom stereocenters. The van der Waals surface area contributed by atoms with Gasteiger partial charge in [0.05, 0.1) is 22.8 Å². The number of halogens is 3. The highest BCUT2D eigenvalue weighted by Crippen LogP contribution is 2.34. The molecular weight excluding hydrogens is 430 g/mol. The summed E-state index contributed by atoms with van der Waals surface area (Å²) in [6.45, 7) is 1.85. The number of aryl methyl sites for hydroxylation is 1. The number of carbonyl (C=O) groups excluding carboxylic acids is 1. The molecule has 0 spiro atoms. The average molecular weight is 445 g/mol. The highest BCUT2D eigenvalue weighted by molar-refractivity contribution is 6.37. The Hall–Kier alpha value is -3.16. The zero-order valence-electron chi connectivity index (χ0n) is 15.9. The number of methoxy groups -OCH3 is 1. The minimum Gasteiger partial charge on any atom is -0.494 e. The van der Waals surface area contributed by atoms with Crippen LogP contribution < -0.4 is 10.1 Å². The minimum atomic E-state index is -0.380. The van der Waals surface area contributed by atoms with Crippen molar-refractivity contribution in [3.63, 3.8) is 0 Å². The molecule has 0 aliphatic heterocycles. The molecule has 3 aromatic carbocycles. The SMILES string of the molecule is COc1c(Cl)cc(C(=O)Nc2cc3nn(-c4ccc(F)cc4)nc3cc2C)cc1Cl. The minimum absolute atomic E-state index is 0.240. The lowest BCUT2D eigenvalue weighted by Gasteiger charge is -2.11. The number of nitrogens with one attached hydrogen (secondary N) is 1. The van der Waals surface area contributed by atoms with Gasteiger partial charge >= 0.3 is 0 Å². The van der Waals surface area contributed by atoms with Crippen molar-refractivity contribution in [2.45, 2.75) is 6.92 Å². The van der Waals surface area contributed by atoms with Crippen molar-refractivity contribution in [3.8, 4) is 11.4 Å². The maximum absolute atomic E-state index is 13.2. The third-order valence-corrected chi connectivity index (χ3v) is 5.06. The van der Waals surface area contributed by atoms with Gasteiger partial charge in [-0.1, -0.05) is 23.2 Å². The van der Waals surface area contributed by atoms with Crippen molar-refractivity contribution in [1.82, 2.24) is 15.0 Å². The summed E-state index contributed by atoms with van der Waals surface area (Å²) < 4.78 is 18.3. The maximum atomic E-state index is 13.2. The number of benzene rings is 3. The number of rotatable bonds is 4. The molecule has 9 heteroatoms. The molecule has 1 aromatic heterocycles. The fourth-order valence-electron chi connectivity index (χ4n) is 2.97. The van der Waals surface area contributed by atoms with Crippen LogP contribution in [0.5, 0.6) is 5.75 Å². The Labute approximate surface area is 181 Å². The third-order valence-electron chi connectivity index (χ3n) is 4.50. The molecule has 0 bridgehead atoms. The van der Waals surface area contributed by atoms with Crippen molar-refractivity contribution in [2.24, 2.45) is 0 Å². The van der Waals surface area contributed by atoms with Crippen LogP contribution in [0.15, 0.2) is 48.5 Å². The van der Waals surface area contributed by atoms with Gasteiger partial charge in [-0.25, -0.2) is 4.39 Å². The van der Waals surface area contributed by atoms with E-state index in [4.69, 9.17) is 27.9 Å². The van der Waals surface area contributed by atoms with Gasteiger partial charge in [0.25, 0.3) is 5.91 Å². The van der Waals surface area contributed by atoms with E-state index >= 15 is 0 Å². The maximum Gasteiger partial charge on any atom is 0.255 e. The van der Waals surface area contributed by atoms with Crippen LogP contribution in [0.4, 0.5) is 10.1 Å². The van der Waals surface area contributed by atoms with Gasteiger partial charge in [0.15, 0.2) is 5.75 Å². The van der Waals surface area contributed by atoms with Crippen molar-refractivity contribution in [2.75, 3.05) is 12.4 Å². The van der Waals surface area contributed by atoms with E-state index in [1.54, 1.807) is 18.2 Å². The van der Waals surface area contributed by atoms with Gasteiger partial charge in [0.1, 0.15) is 16.9 Å². The second-order valence-electron chi connectivity index (χ2n) is 6.55. The van der Waals surface area contributed by atoms with Crippen molar-refractivity contribution >= 4 is 45.8 Å². The van der Waals surface area contributed by atoms with E-state index in [1.165, 1.54) is 36.2 Å². The van der Waals surface area contributed by atoms with Gasteiger partial charge in [-0.15, -0.1) is 10.2 Å². The molecule has 0 radical (unpaired) electrons. The highest BCUT2D eigenvalue weighted by atomic mass is 35.5. The monoisotopic (exact) mass is 444 g/mol. The fourth-order valence-corrected chi connectivity index (χ4v) is 3.61. The number of fused-ring (bicyclic) bond motifs is 1. The second-order valence-corrected chi connectivity index (χ2v) is 7.36. The molecule has 0 aliphatic carbocycles. The summed E-state index contributed by atoms with van der Waals surface area (Å²) in [5.41, 5.74) is 3.50. The Balaban J connectivity index is 1.65. The summed E-state index contributed by atoms with van der Waals surface area (Å²) in [6, 6.07) is 12.4. The van der Waals surface area contributed by atoms with E-state index in [0.29, 0.717) is 33.7 Å². The topological polar surface area (TPSA) is 69.0 Å². The summed E-state index contributed by atoms with van der Waals surface area (Å²) in [5, 5.41) is 12.2. The Morgan fingerprint density at radius 3 is 2.23 bits per heavy atom. The summed E-state index contributed by atoms with van der Waals surface area (Å²) in [6.07, 6.45) is 0. The molecule has 0 fully saturated rings. The van der Waals surface area contributed by atoms with E-state index < -0.39 is 0 Å². The van der Waals surface area contributed by atoms with E-state index in [9.17, 15) is 9.18 Å². The standard InChI is InChI=1S/C21H15Cl2FN4O2/c1-11-7-18-19(27-28(26-18)14-5-3-13(24)4-6-14)10-17(11)25-21(29)12-8-15(22)20(30-2)16(23)9-12/h3-10H,1-2H3,(H,25,29). The molecule has 1 amide bonds. The normalized spacial score (nSPS) is 11.0. The van der Waals surface area contributed by atoms with E-state index in [-0.39, 0.29) is 21.8 Å². The van der Waals surface area contributed by atoms with E-state index in [1.807, 2.05) is 13.0 Å². The van der Waals surface area contributed by atoms with Crippen LogP contribution in [0, 0.1) is 12.7 Å². The lowest BCUT2D eigenvalue weighted by atomic mass is 10.1. The number of aromatic nitrogens is 3. The molecule has 4 aromatic rings. The van der Waals surface area contributed by atoms with Crippen LogP contribution in [-0.4, -0.2) is 28.0 Å². The summed E-state index contributed by atoms with van der Waals surface area (Å²) in [7, 11) is 1.45. The van der Waals surface area contributed by atoms with Gasteiger partial charge < -0.3 is 10.1 Å². The molecule has 1 N–H and O–H groups in total. The fraction of sp³-hybridized carbons (Fsp3) is 0.0952. The van der Waals surface area contributed by atoms with Gasteiger partial charge in [-0.2, -0.15) is 4.80 Å². The van der Waals surface area contributed by atoms with Gasteiger partial charge in [0.2, 0.25) is 0 Å². The first kappa shape index (κ1) is 20.1. The quantitative estimate of drug-likeness (QED) is 0.455. The van der Waals surface area contributed by atoms with Gasteiger partial charge in [0, 0.05) is 11.3 Å². The number of amides is 1. The Morgan fingerprint density at radius 2 is 1.63 bits per heavy atom. The summed E-state index contributed by atoms with van der Waals surface area (Å²) in [4.78, 5) is 14.1. The lowest BCUT2D eigenvalue weighted by molar-refractivity contribution is 0.102. The molecule has 0 aliphatic rings. The molecule has 0 saturated carbocycles. The number of anilines is 1. The number of hydrogen-bond donors (Lipinski definition) is 1. The second kappa shape index (κ2) is 7.93. The van der Waals surface area contributed by atoms with Crippen LogP contribution in [0.2, 0.25) is 10.0 Å². The summed E-state index contributed by atoms with van der Waals surface area (Å²) >= 11 is 12.3. The third kappa shape index (κ3) is 3.81. The van der Waals surface area contributed by atoms with Crippen molar-refractivity contribution < 1.29 is 13.9 Å². The Morgan fingerprint density at radius 1 is 1.03 bits per heavy atom. The molecule has 4 rings (SSSR count). The van der Waals surface area contributed by atoms with Crippen molar-refractivity contribution in [1.29, 1.82) is 0 Å². The van der Waals surface area contributed by atoms with Crippen LogP contribution in [0.3, 0.4) is 0 Å². The Kier molecular flexibility index (Phi) is 5.32. The van der Waals surface area contributed by atoms with Gasteiger partial charge in [-0.3, -0.25) is 4.79 Å². The predicted octanol–water partition coefficient (Wildman–Crippen LogP) is 5.44. The molecule has 1 heterocycles. The summed E-state index contributed by atoms with van der Waals surface area (Å²) in [5.74, 6) is -0.408. The molecule has 152 valence electrons. The zero-order chi connectivity index (χ0) is 21.4. The molecular formula is C21H15Cl2FN4O2. The zero-order valence-corrected chi connectivity index (χ0v) is 17.4. The average Bonchev–Trinajstić information content (AvgIpc) is 3.11. The molecule has 6 nitrogen and oxygen atoms in total. The number of nitrogens with zero attached hydrogens (tertiary/aromatic N) is 3. The largest absolute Gasteiger partial charge is 0.494 e. The first-order valence-corrected chi connectivity index (χ1v) is 9.59. The molecule has 30 heavy (non-hydrogen) atoms. The molecule has 0 unspecified atom stereocenters. The number of hydrogen-bond acceptors (Lipinski definition) is 4. The lowest BCUT2D eigenvalue weighted by Crippen LogP contribution is -2.13. The molecule has 0 saturated heterocycles. The van der Waals surface area contributed by atoms with Crippen LogP contribution in [0.25, 0.3) is 16.7 Å². The first-order valence-electron chi connectivity index (χ1n) is 8.84. The van der Waals surface area contributed by atoms with Gasteiger partial charge in [-0.05, 0) is 61.0 Å². The number of ether oxygens (including phenoxy) is 1. The Bertz CT molecular complexity index is 1250. The van der Waals surface area contributed by atoms with Crippen LogP contribution >= 0.6 is 23.2 Å². The smallest absolute Gasteiger partial charge is 0.255 e. The first-order chi connectivity index (χ1) is 14.4. The van der Waals surface area contributed by atoms with Crippen molar-refractivity contribution in [3.05, 3.63) is 75.5 Å². The highest BCUT2D eigenvalue weighted by Gasteiger charge is 2.16.